The van der Waals surface area contributed by atoms with Crippen molar-refractivity contribution in [3.8, 4) is 6.07 Å². The second-order valence-electron chi connectivity index (χ2n) is 3.96. The maximum Gasteiger partial charge on any atom is 0.293 e. The van der Waals surface area contributed by atoms with Crippen LogP contribution in [0.1, 0.15) is 5.56 Å². The van der Waals surface area contributed by atoms with Crippen molar-refractivity contribution >= 4 is 22.7 Å². The monoisotopic (exact) mass is 301 g/mol. The SMILES string of the molecule is N#Cc1ccc(N)c([N+](=O)[O-])c1.Nc1ccccc1[N+](=O)[O-]. The predicted octanol–water partition coefficient (Wildman–Crippen LogP) is 2.23. The number of nitriles is 1. The van der Waals surface area contributed by atoms with E-state index in [0.29, 0.717) is 0 Å². The van der Waals surface area contributed by atoms with E-state index in [4.69, 9.17) is 16.7 Å². The largest absolute Gasteiger partial charge is 0.393 e. The molecule has 0 fully saturated rings. The first kappa shape index (κ1) is 16.4. The van der Waals surface area contributed by atoms with E-state index < -0.39 is 9.85 Å². The van der Waals surface area contributed by atoms with Crippen molar-refractivity contribution in [2.24, 2.45) is 0 Å². The van der Waals surface area contributed by atoms with Gasteiger partial charge in [-0.05, 0) is 18.2 Å². The smallest absolute Gasteiger partial charge is 0.293 e. The maximum absolute atomic E-state index is 10.3. The number of anilines is 2. The number of benzene rings is 2. The molecule has 0 heterocycles. The Balaban J connectivity index is 0.000000224. The van der Waals surface area contributed by atoms with Crippen LogP contribution in [0.3, 0.4) is 0 Å². The van der Waals surface area contributed by atoms with Gasteiger partial charge in [-0.3, -0.25) is 20.2 Å². The van der Waals surface area contributed by atoms with Gasteiger partial charge >= 0.3 is 0 Å². The minimum Gasteiger partial charge on any atom is -0.393 e. The third-order valence-corrected chi connectivity index (χ3v) is 2.49. The van der Waals surface area contributed by atoms with Gasteiger partial charge in [0.15, 0.2) is 0 Å². The Kier molecular flexibility index (Phi) is 5.36. The topological polar surface area (TPSA) is 162 Å². The molecule has 0 aliphatic carbocycles. The Bertz CT molecular complexity index is 754. The molecule has 0 unspecified atom stereocenters. The molecule has 0 bridgehead atoms. The van der Waals surface area contributed by atoms with E-state index in [-0.39, 0.29) is 28.3 Å². The third kappa shape index (κ3) is 4.17. The summed E-state index contributed by atoms with van der Waals surface area (Å²) in [5, 5.41) is 28.9. The lowest BCUT2D eigenvalue weighted by molar-refractivity contribution is -0.384. The number of para-hydroxylation sites is 2. The Morgan fingerprint density at radius 1 is 0.909 bits per heavy atom. The van der Waals surface area contributed by atoms with Crippen molar-refractivity contribution in [1.82, 2.24) is 0 Å². The zero-order valence-electron chi connectivity index (χ0n) is 11.2. The lowest BCUT2D eigenvalue weighted by atomic mass is 10.2. The zero-order chi connectivity index (χ0) is 16.7. The van der Waals surface area contributed by atoms with Gasteiger partial charge in [-0.25, -0.2) is 0 Å². The first-order valence-electron chi connectivity index (χ1n) is 5.79. The van der Waals surface area contributed by atoms with Gasteiger partial charge in [0.05, 0.1) is 21.5 Å². The molecular formula is C13H11N5O4. The summed E-state index contributed by atoms with van der Waals surface area (Å²) >= 11 is 0. The molecule has 0 saturated heterocycles. The van der Waals surface area contributed by atoms with Crippen LogP contribution in [-0.2, 0) is 0 Å². The number of nitro groups is 2. The Hall–Kier alpha value is -3.67. The molecule has 0 saturated carbocycles. The Morgan fingerprint density at radius 2 is 1.45 bits per heavy atom. The lowest BCUT2D eigenvalue weighted by Gasteiger charge is -1.95. The minimum absolute atomic E-state index is 0.0394. The first-order valence-corrected chi connectivity index (χ1v) is 5.79. The van der Waals surface area contributed by atoms with Crippen molar-refractivity contribution in [2.45, 2.75) is 0 Å². The van der Waals surface area contributed by atoms with Crippen LogP contribution in [0.2, 0.25) is 0 Å². The summed E-state index contributed by atoms with van der Waals surface area (Å²) in [6, 6.07) is 11.8. The van der Waals surface area contributed by atoms with E-state index in [0.717, 1.165) is 6.07 Å². The standard InChI is InChI=1S/C7H5N3O2.C6H6N2O2/c8-4-5-1-2-6(9)7(3-5)10(11)12;7-5-3-1-2-4-6(5)8(9)10/h1-3H,9H2;1-4H,7H2. The highest BCUT2D eigenvalue weighted by molar-refractivity contribution is 5.60. The van der Waals surface area contributed by atoms with Crippen LogP contribution in [0.5, 0.6) is 0 Å². The van der Waals surface area contributed by atoms with Crippen molar-refractivity contribution in [2.75, 3.05) is 11.5 Å². The quantitative estimate of drug-likeness (QED) is 0.487. The number of hydrogen-bond donors (Lipinski definition) is 2. The van der Waals surface area contributed by atoms with Crippen LogP contribution >= 0.6 is 0 Å². The highest BCUT2D eigenvalue weighted by Crippen LogP contribution is 2.21. The minimum atomic E-state index is -0.615. The van der Waals surface area contributed by atoms with E-state index in [1.807, 2.05) is 0 Å². The summed E-state index contributed by atoms with van der Waals surface area (Å²) in [7, 11) is 0. The van der Waals surface area contributed by atoms with E-state index in [9.17, 15) is 20.2 Å². The number of hydrogen-bond acceptors (Lipinski definition) is 7. The van der Waals surface area contributed by atoms with Crippen LogP contribution in [0.15, 0.2) is 42.5 Å². The summed E-state index contributed by atoms with van der Waals surface area (Å²) in [5.74, 6) is 0. The third-order valence-electron chi connectivity index (χ3n) is 2.49. The first-order chi connectivity index (χ1) is 10.4. The second-order valence-corrected chi connectivity index (χ2v) is 3.96. The fourth-order valence-electron chi connectivity index (χ4n) is 1.43. The molecule has 0 radical (unpaired) electrons. The van der Waals surface area contributed by atoms with Crippen LogP contribution in [0, 0.1) is 31.6 Å². The van der Waals surface area contributed by atoms with E-state index in [2.05, 4.69) is 0 Å². The van der Waals surface area contributed by atoms with Crippen molar-refractivity contribution in [3.63, 3.8) is 0 Å². The molecule has 0 aromatic heterocycles. The van der Waals surface area contributed by atoms with Crippen molar-refractivity contribution < 1.29 is 9.85 Å². The average Bonchev–Trinajstić information content (AvgIpc) is 2.48. The number of rotatable bonds is 2. The van der Waals surface area contributed by atoms with Gasteiger partial charge < -0.3 is 11.5 Å². The van der Waals surface area contributed by atoms with Gasteiger partial charge in [-0.1, -0.05) is 12.1 Å². The molecule has 9 heteroatoms. The lowest BCUT2D eigenvalue weighted by Crippen LogP contribution is -1.95. The van der Waals surface area contributed by atoms with Gasteiger partial charge in [-0.15, -0.1) is 0 Å². The molecule has 2 aromatic carbocycles. The van der Waals surface area contributed by atoms with E-state index in [1.54, 1.807) is 18.2 Å². The summed E-state index contributed by atoms with van der Waals surface area (Å²) in [4.78, 5) is 19.3. The molecule has 4 N–H and O–H groups in total. The van der Waals surface area contributed by atoms with Crippen LogP contribution in [0.25, 0.3) is 0 Å². The summed E-state index contributed by atoms with van der Waals surface area (Å²) < 4.78 is 0. The average molecular weight is 301 g/mol. The van der Waals surface area contributed by atoms with Crippen molar-refractivity contribution in [1.29, 1.82) is 5.26 Å². The summed E-state index contributed by atoms with van der Waals surface area (Å²) in [6.07, 6.45) is 0. The Morgan fingerprint density at radius 3 is 1.91 bits per heavy atom. The number of nitro benzene ring substituents is 2. The van der Waals surface area contributed by atoms with E-state index >= 15 is 0 Å². The Labute approximate surface area is 124 Å². The van der Waals surface area contributed by atoms with Gasteiger partial charge in [0.2, 0.25) is 0 Å². The summed E-state index contributed by atoms with van der Waals surface area (Å²) in [6.45, 7) is 0. The second kappa shape index (κ2) is 7.20. The van der Waals surface area contributed by atoms with Gasteiger partial charge in [0.1, 0.15) is 11.4 Å². The molecule has 0 atom stereocenters. The normalized spacial score (nSPS) is 9.05. The van der Waals surface area contributed by atoms with Gasteiger partial charge in [0, 0.05) is 12.1 Å². The molecule has 22 heavy (non-hydrogen) atoms. The fraction of sp³-hybridized carbons (Fsp3) is 0. The molecular weight excluding hydrogens is 290 g/mol. The van der Waals surface area contributed by atoms with Crippen LogP contribution < -0.4 is 11.5 Å². The molecule has 0 aliphatic rings. The molecule has 2 rings (SSSR count). The maximum atomic E-state index is 10.3. The van der Waals surface area contributed by atoms with Crippen molar-refractivity contribution in [3.05, 3.63) is 68.3 Å². The van der Waals surface area contributed by atoms with Crippen LogP contribution in [-0.4, -0.2) is 9.85 Å². The van der Waals surface area contributed by atoms with Gasteiger partial charge in [-0.2, -0.15) is 5.26 Å². The fourth-order valence-corrected chi connectivity index (χ4v) is 1.43. The zero-order valence-corrected chi connectivity index (χ0v) is 11.2. The molecule has 2 aromatic rings. The van der Waals surface area contributed by atoms with E-state index in [1.165, 1.54) is 24.3 Å². The molecule has 0 aliphatic heterocycles. The predicted molar refractivity (Wildman–Crippen MR) is 79.7 cm³/mol. The van der Waals surface area contributed by atoms with Crippen LogP contribution in [0.4, 0.5) is 22.7 Å². The number of nitrogen functional groups attached to an aromatic ring is 2. The highest BCUT2D eigenvalue weighted by Gasteiger charge is 2.11. The number of nitrogens with two attached hydrogens (primary N) is 2. The molecule has 9 nitrogen and oxygen atoms in total. The van der Waals surface area contributed by atoms with Gasteiger partial charge in [0.25, 0.3) is 11.4 Å². The summed E-state index contributed by atoms with van der Waals surface area (Å²) in [5.41, 5.74) is 10.8. The molecule has 0 spiro atoms. The molecule has 112 valence electrons. The number of nitrogens with zero attached hydrogens (tertiary/aromatic N) is 3. The molecule has 0 amide bonds. The highest BCUT2D eigenvalue weighted by atomic mass is 16.6.